The van der Waals surface area contributed by atoms with Gasteiger partial charge in [0.2, 0.25) is 0 Å². The van der Waals surface area contributed by atoms with Crippen LogP contribution in [0.15, 0.2) is 158 Å². The van der Waals surface area contributed by atoms with Crippen LogP contribution in [0, 0.1) is 0 Å². The molecule has 2 nitrogen and oxygen atoms in total. The van der Waals surface area contributed by atoms with Gasteiger partial charge < -0.3 is 4.90 Å². The van der Waals surface area contributed by atoms with Gasteiger partial charge in [0, 0.05) is 42.8 Å². The minimum Gasteiger partial charge on any atom is -0.310 e. The molecule has 7 aromatic carbocycles. The summed E-state index contributed by atoms with van der Waals surface area (Å²) in [6.45, 7) is 0. The average molecular weight is 611 g/mol. The standard InChI is InChI=1S/C41H26N2S2/c1-2-8-27(9-3-1)28-14-19-31(20-15-28)43(32-21-16-30(17-22-32)41-42-37-12-6-7-13-38(37)45-41)33-23-25-35-36-24-18-29-10-4-5-11-34(29)40(36)44-39(35)26-33/h1-26H. The molecule has 0 fully saturated rings. The van der Waals surface area contributed by atoms with Gasteiger partial charge in [0.1, 0.15) is 5.01 Å². The lowest BCUT2D eigenvalue weighted by Gasteiger charge is -2.26. The monoisotopic (exact) mass is 610 g/mol. The van der Waals surface area contributed by atoms with Crippen LogP contribution in [0.4, 0.5) is 17.1 Å². The van der Waals surface area contributed by atoms with E-state index in [1.54, 1.807) is 11.3 Å². The molecule has 0 unspecified atom stereocenters. The van der Waals surface area contributed by atoms with E-state index in [0.717, 1.165) is 33.1 Å². The van der Waals surface area contributed by atoms with Gasteiger partial charge in [-0.3, -0.25) is 0 Å². The van der Waals surface area contributed by atoms with Crippen LogP contribution in [0.5, 0.6) is 0 Å². The molecular formula is C41H26N2S2. The minimum atomic E-state index is 1.04. The first-order valence-electron chi connectivity index (χ1n) is 15.0. The Kier molecular flexibility index (Phi) is 6.22. The molecular weight excluding hydrogens is 585 g/mol. The van der Waals surface area contributed by atoms with Gasteiger partial charge in [-0.2, -0.15) is 0 Å². The van der Waals surface area contributed by atoms with Gasteiger partial charge in [0.15, 0.2) is 0 Å². The van der Waals surface area contributed by atoms with Crippen LogP contribution >= 0.6 is 22.7 Å². The molecule has 0 spiro atoms. The third-order valence-electron chi connectivity index (χ3n) is 8.50. The Morgan fingerprint density at radius 3 is 1.87 bits per heavy atom. The van der Waals surface area contributed by atoms with Gasteiger partial charge in [-0.25, -0.2) is 4.98 Å². The predicted octanol–water partition coefficient (Wildman–Crippen LogP) is 12.6. The Bertz CT molecular complexity index is 2440. The van der Waals surface area contributed by atoms with Crippen molar-refractivity contribution in [2.75, 3.05) is 4.90 Å². The summed E-state index contributed by atoms with van der Waals surface area (Å²) in [5, 5.41) is 6.26. The van der Waals surface area contributed by atoms with Crippen molar-refractivity contribution in [1.82, 2.24) is 4.98 Å². The number of aromatic nitrogens is 1. The number of thiophene rings is 1. The number of fused-ring (bicyclic) bond motifs is 6. The van der Waals surface area contributed by atoms with Gasteiger partial charge in [-0.15, -0.1) is 22.7 Å². The maximum Gasteiger partial charge on any atom is 0.124 e. The van der Waals surface area contributed by atoms with Crippen molar-refractivity contribution in [3.8, 4) is 21.7 Å². The zero-order chi connectivity index (χ0) is 29.7. The van der Waals surface area contributed by atoms with Crippen LogP contribution in [0.3, 0.4) is 0 Å². The summed E-state index contributed by atoms with van der Waals surface area (Å²) in [5.41, 5.74) is 7.97. The number of hydrogen-bond donors (Lipinski definition) is 0. The predicted molar refractivity (Wildman–Crippen MR) is 196 cm³/mol. The Balaban J connectivity index is 1.17. The molecule has 212 valence electrons. The lowest BCUT2D eigenvalue weighted by atomic mass is 10.0. The van der Waals surface area contributed by atoms with E-state index < -0.39 is 0 Å². The number of para-hydroxylation sites is 1. The van der Waals surface area contributed by atoms with Crippen LogP contribution in [-0.2, 0) is 0 Å². The first-order valence-corrected chi connectivity index (χ1v) is 16.7. The normalized spacial score (nSPS) is 11.6. The van der Waals surface area contributed by atoms with Crippen LogP contribution in [0.1, 0.15) is 0 Å². The second-order valence-corrected chi connectivity index (χ2v) is 13.3. The molecule has 0 aliphatic rings. The van der Waals surface area contributed by atoms with E-state index in [-0.39, 0.29) is 0 Å². The van der Waals surface area contributed by atoms with Crippen molar-refractivity contribution >= 4 is 80.9 Å². The van der Waals surface area contributed by atoms with Gasteiger partial charge in [-0.1, -0.05) is 97.1 Å². The van der Waals surface area contributed by atoms with Crippen LogP contribution < -0.4 is 4.90 Å². The molecule has 0 amide bonds. The summed E-state index contributed by atoms with van der Waals surface area (Å²) in [7, 11) is 0. The van der Waals surface area contributed by atoms with E-state index in [9.17, 15) is 0 Å². The molecule has 0 N–H and O–H groups in total. The third kappa shape index (κ3) is 4.58. The summed E-state index contributed by atoms with van der Waals surface area (Å²) >= 11 is 3.62. The lowest BCUT2D eigenvalue weighted by molar-refractivity contribution is 1.29. The fourth-order valence-corrected chi connectivity index (χ4v) is 8.50. The van der Waals surface area contributed by atoms with Gasteiger partial charge in [0.05, 0.1) is 10.2 Å². The molecule has 0 aliphatic carbocycles. The molecule has 0 aliphatic heterocycles. The number of rotatable bonds is 5. The first-order chi connectivity index (χ1) is 22.3. The van der Waals surface area contributed by atoms with E-state index >= 15 is 0 Å². The Hall–Kier alpha value is -5.29. The largest absolute Gasteiger partial charge is 0.310 e. The highest BCUT2D eigenvalue weighted by atomic mass is 32.1. The van der Waals surface area contributed by atoms with E-state index in [2.05, 4.69) is 157 Å². The Morgan fingerprint density at radius 2 is 1.07 bits per heavy atom. The van der Waals surface area contributed by atoms with Crippen molar-refractivity contribution in [3.05, 3.63) is 158 Å². The van der Waals surface area contributed by atoms with Crippen LogP contribution in [0.25, 0.3) is 62.9 Å². The van der Waals surface area contributed by atoms with Crippen molar-refractivity contribution < 1.29 is 0 Å². The molecule has 0 radical (unpaired) electrons. The molecule has 2 aromatic heterocycles. The highest BCUT2D eigenvalue weighted by molar-refractivity contribution is 7.26. The fourth-order valence-electron chi connectivity index (χ4n) is 6.26. The van der Waals surface area contributed by atoms with E-state index in [1.165, 1.54) is 46.8 Å². The van der Waals surface area contributed by atoms with Crippen molar-refractivity contribution in [2.24, 2.45) is 0 Å². The molecule has 9 aromatic rings. The molecule has 4 heteroatoms. The molecule has 2 heterocycles. The SMILES string of the molecule is c1ccc(-c2ccc(N(c3ccc(-c4nc5ccccc5s4)cc3)c3ccc4c(c3)sc3c5ccccc5ccc43)cc2)cc1. The summed E-state index contributed by atoms with van der Waals surface area (Å²) in [5.74, 6) is 0. The highest BCUT2D eigenvalue weighted by Gasteiger charge is 2.16. The highest BCUT2D eigenvalue weighted by Crippen LogP contribution is 2.43. The number of anilines is 3. The molecule has 0 saturated carbocycles. The van der Waals surface area contributed by atoms with E-state index in [4.69, 9.17) is 4.98 Å². The average Bonchev–Trinajstić information content (AvgIpc) is 3.71. The molecule has 0 bridgehead atoms. The van der Waals surface area contributed by atoms with Crippen molar-refractivity contribution in [2.45, 2.75) is 0 Å². The summed E-state index contributed by atoms with van der Waals surface area (Å²) in [6.07, 6.45) is 0. The van der Waals surface area contributed by atoms with Gasteiger partial charge >= 0.3 is 0 Å². The van der Waals surface area contributed by atoms with Crippen LogP contribution in [0.2, 0.25) is 0 Å². The first kappa shape index (κ1) is 26.1. The zero-order valence-electron chi connectivity index (χ0n) is 24.2. The summed E-state index contributed by atoms with van der Waals surface area (Å²) < 4.78 is 3.84. The lowest BCUT2D eigenvalue weighted by Crippen LogP contribution is -2.09. The third-order valence-corrected chi connectivity index (χ3v) is 10.8. The molecule has 9 rings (SSSR count). The maximum absolute atomic E-state index is 4.90. The molecule has 45 heavy (non-hydrogen) atoms. The van der Waals surface area contributed by atoms with E-state index in [1.807, 2.05) is 17.4 Å². The maximum atomic E-state index is 4.90. The Morgan fingerprint density at radius 1 is 0.422 bits per heavy atom. The Labute approximate surface area is 269 Å². The quantitative estimate of drug-likeness (QED) is 0.193. The zero-order valence-corrected chi connectivity index (χ0v) is 25.9. The topological polar surface area (TPSA) is 16.1 Å². The summed E-state index contributed by atoms with van der Waals surface area (Å²) in [6, 6.07) is 56.7. The second kappa shape index (κ2) is 10.7. The number of nitrogens with zero attached hydrogens (tertiary/aromatic N) is 2. The van der Waals surface area contributed by atoms with E-state index in [0.29, 0.717) is 0 Å². The fraction of sp³-hybridized carbons (Fsp3) is 0. The van der Waals surface area contributed by atoms with Gasteiger partial charge in [-0.05, 0) is 82.6 Å². The second-order valence-electron chi connectivity index (χ2n) is 11.2. The van der Waals surface area contributed by atoms with Crippen LogP contribution in [-0.4, -0.2) is 4.98 Å². The summed E-state index contributed by atoms with van der Waals surface area (Å²) in [4.78, 5) is 7.26. The number of thiazole rings is 1. The number of hydrogen-bond acceptors (Lipinski definition) is 4. The number of benzene rings is 7. The molecule has 0 saturated heterocycles. The minimum absolute atomic E-state index is 1.04. The van der Waals surface area contributed by atoms with Gasteiger partial charge in [0.25, 0.3) is 0 Å². The van der Waals surface area contributed by atoms with Crippen molar-refractivity contribution in [3.63, 3.8) is 0 Å². The smallest absolute Gasteiger partial charge is 0.124 e. The molecule has 0 atom stereocenters. The van der Waals surface area contributed by atoms with Crippen molar-refractivity contribution in [1.29, 1.82) is 0 Å².